The molecule has 206 valence electrons. The fourth-order valence-electron chi connectivity index (χ4n) is 5.14. The van der Waals surface area contributed by atoms with E-state index in [0.29, 0.717) is 55.1 Å². The number of nitrogens with zero attached hydrogens (tertiary/aromatic N) is 4. The Morgan fingerprint density at radius 1 is 1.05 bits per heavy atom. The number of anilines is 2. The molecule has 3 amide bonds. The molecule has 4 aromatic heterocycles. The second kappa shape index (κ2) is 11.1. The number of halogens is 1. The minimum Gasteiger partial charge on any atom is -0.447 e. The Hall–Kier alpha value is -4.29. The molecule has 6 rings (SSSR count). The first-order chi connectivity index (χ1) is 19.5. The molecule has 1 saturated heterocycles. The van der Waals surface area contributed by atoms with Gasteiger partial charge >= 0.3 is 0 Å². The Morgan fingerprint density at radius 3 is 2.62 bits per heavy atom. The SMILES string of the molecule is O=C(Nc1ccc(Cl)cn1)c1oc2ccc(-c3ncco3)nc2c1NC(=O)C1CCC(N2CCOCC2=O)CC1. The largest absolute Gasteiger partial charge is 0.447 e. The van der Waals surface area contributed by atoms with Crippen LogP contribution in [0.25, 0.3) is 22.7 Å². The van der Waals surface area contributed by atoms with Crippen molar-refractivity contribution in [2.24, 2.45) is 5.92 Å². The maximum absolute atomic E-state index is 13.5. The van der Waals surface area contributed by atoms with Gasteiger partial charge in [0.25, 0.3) is 5.91 Å². The molecule has 12 nitrogen and oxygen atoms in total. The van der Waals surface area contributed by atoms with E-state index in [1.165, 1.54) is 18.7 Å². The number of carbonyl (C=O) groups excluding carboxylic acids is 3. The maximum Gasteiger partial charge on any atom is 0.294 e. The van der Waals surface area contributed by atoms with Crippen LogP contribution in [0.4, 0.5) is 11.5 Å². The first-order valence-electron chi connectivity index (χ1n) is 12.9. The highest BCUT2D eigenvalue weighted by atomic mass is 35.5. The number of amides is 3. The number of rotatable bonds is 6. The van der Waals surface area contributed by atoms with Crippen molar-refractivity contribution in [1.82, 2.24) is 19.9 Å². The summed E-state index contributed by atoms with van der Waals surface area (Å²) in [5.41, 5.74) is 1.14. The normalized spacial score (nSPS) is 19.5. The highest BCUT2D eigenvalue weighted by molar-refractivity contribution is 6.30. The van der Waals surface area contributed by atoms with Crippen LogP contribution in [0.2, 0.25) is 5.02 Å². The van der Waals surface area contributed by atoms with E-state index in [4.69, 9.17) is 25.2 Å². The average Bonchev–Trinajstić information content (AvgIpc) is 3.63. The lowest BCUT2D eigenvalue weighted by Gasteiger charge is -2.38. The zero-order chi connectivity index (χ0) is 27.6. The zero-order valence-electron chi connectivity index (χ0n) is 21.3. The number of aromatic nitrogens is 3. The standard InChI is InChI=1S/C27H25ClN6O6/c28-16-3-8-20(30-13-16)32-26(37)24-23(22-19(40-24)7-6-18(31-22)27-29-9-11-39-27)33-25(36)15-1-4-17(5-2-15)34-10-12-38-14-21(34)35/h3,6-9,11,13,15,17H,1-2,4-5,10,12,14H2,(H,33,36)(H,30,32,37). The molecule has 0 unspecified atom stereocenters. The Balaban J connectivity index is 1.25. The number of furan rings is 1. The van der Waals surface area contributed by atoms with Gasteiger partial charge in [-0.3, -0.25) is 14.4 Å². The van der Waals surface area contributed by atoms with E-state index in [2.05, 4.69) is 25.6 Å². The van der Waals surface area contributed by atoms with Gasteiger partial charge in [0.15, 0.2) is 5.58 Å². The van der Waals surface area contributed by atoms with Crippen LogP contribution < -0.4 is 10.6 Å². The number of fused-ring (bicyclic) bond motifs is 1. The Morgan fingerprint density at radius 2 is 1.90 bits per heavy atom. The van der Waals surface area contributed by atoms with Crippen LogP contribution in [-0.4, -0.2) is 63.4 Å². The van der Waals surface area contributed by atoms with Gasteiger partial charge in [0.1, 0.15) is 35.6 Å². The van der Waals surface area contributed by atoms with E-state index in [1.807, 2.05) is 4.90 Å². The third kappa shape index (κ3) is 5.27. The number of ether oxygens (including phenoxy) is 1. The van der Waals surface area contributed by atoms with Crippen molar-refractivity contribution >= 4 is 51.9 Å². The summed E-state index contributed by atoms with van der Waals surface area (Å²) in [7, 11) is 0. The molecule has 13 heteroatoms. The Labute approximate surface area is 233 Å². The molecule has 2 aliphatic rings. The van der Waals surface area contributed by atoms with E-state index < -0.39 is 5.91 Å². The maximum atomic E-state index is 13.5. The number of oxazole rings is 1. The van der Waals surface area contributed by atoms with Crippen LogP contribution in [-0.2, 0) is 14.3 Å². The molecule has 1 aliphatic carbocycles. The van der Waals surface area contributed by atoms with Crippen LogP contribution in [0.3, 0.4) is 0 Å². The number of pyridine rings is 2. The first-order valence-corrected chi connectivity index (χ1v) is 13.3. The third-order valence-electron chi connectivity index (χ3n) is 7.14. The Bertz CT molecular complexity index is 1550. The van der Waals surface area contributed by atoms with E-state index in [1.54, 1.807) is 24.3 Å². The lowest BCUT2D eigenvalue weighted by molar-refractivity contribution is -0.146. The van der Waals surface area contributed by atoms with Crippen LogP contribution >= 0.6 is 11.6 Å². The van der Waals surface area contributed by atoms with Gasteiger partial charge in [0, 0.05) is 24.7 Å². The number of nitrogens with one attached hydrogen (secondary N) is 2. The van der Waals surface area contributed by atoms with E-state index >= 15 is 0 Å². The van der Waals surface area contributed by atoms with E-state index in [9.17, 15) is 14.4 Å². The van der Waals surface area contributed by atoms with Gasteiger partial charge in [0.05, 0.1) is 17.8 Å². The monoisotopic (exact) mass is 564 g/mol. The number of hydrogen-bond acceptors (Lipinski definition) is 9. The molecule has 0 bridgehead atoms. The smallest absolute Gasteiger partial charge is 0.294 e. The van der Waals surface area contributed by atoms with Gasteiger partial charge in [-0.1, -0.05) is 11.6 Å². The quantitative estimate of drug-likeness (QED) is 0.352. The lowest BCUT2D eigenvalue weighted by Crippen LogP contribution is -2.49. The van der Waals surface area contributed by atoms with Gasteiger partial charge in [0.2, 0.25) is 23.5 Å². The molecule has 0 radical (unpaired) electrons. The van der Waals surface area contributed by atoms with Crippen LogP contribution in [0, 0.1) is 5.92 Å². The fourth-order valence-corrected chi connectivity index (χ4v) is 5.25. The van der Waals surface area contributed by atoms with Gasteiger partial charge in [-0.15, -0.1) is 0 Å². The molecule has 1 saturated carbocycles. The molecule has 0 aromatic carbocycles. The lowest BCUT2D eigenvalue weighted by atomic mass is 9.84. The van der Waals surface area contributed by atoms with Crippen molar-refractivity contribution in [1.29, 1.82) is 0 Å². The highest BCUT2D eigenvalue weighted by Crippen LogP contribution is 2.34. The summed E-state index contributed by atoms with van der Waals surface area (Å²) >= 11 is 5.91. The van der Waals surface area contributed by atoms with Gasteiger partial charge in [-0.25, -0.2) is 15.0 Å². The van der Waals surface area contributed by atoms with Gasteiger partial charge in [-0.05, 0) is 49.9 Å². The summed E-state index contributed by atoms with van der Waals surface area (Å²) in [6, 6.07) is 6.53. The van der Waals surface area contributed by atoms with Crippen molar-refractivity contribution < 1.29 is 28.0 Å². The van der Waals surface area contributed by atoms with E-state index in [0.717, 1.165) is 0 Å². The minimum absolute atomic E-state index is 0.0113. The van der Waals surface area contributed by atoms with Crippen molar-refractivity contribution in [2.45, 2.75) is 31.7 Å². The molecular formula is C27H25ClN6O6. The molecule has 2 fully saturated rings. The summed E-state index contributed by atoms with van der Waals surface area (Å²) in [5.74, 6) is -0.760. The van der Waals surface area contributed by atoms with Gasteiger partial charge < -0.3 is 29.1 Å². The molecule has 5 heterocycles. The summed E-state index contributed by atoms with van der Waals surface area (Å²) in [5, 5.41) is 6.00. The van der Waals surface area contributed by atoms with Crippen molar-refractivity contribution in [3.63, 3.8) is 0 Å². The zero-order valence-corrected chi connectivity index (χ0v) is 22.0. The van der Waals surface area contributed by atoms with Crippen LogP contribution in [0.1, 0.15) is 36.2 Å². The second-order valence-corrected chi connectivity index (χ2v) is 10.1. The first kappa shape index (κ1) is 26.0. The molecule has 2 N–H and O–H groups in total. The van der Waals surface area contributed by atoms with Crippen LogP contribution in [0.15, 0.2) is 51.8 Å². The summed E-state index contributed by atoms with van der Waals surface area (Å²) < 4.78 is 16.5. The topological polar surface area (TPSA) is 153 Å². The predicted molar refractivity (Wildman–Crippen MR) is 144 cm³/mol. The fraction of sp³-hybridized carbons (Fsp3) is 0.333. The van der Waals surface area contributed by atoms with Crippen LogP contribution in [0.5, 0.6) is 0 Å². The predicted octanol–water partition coefficient (Wildman–Crippen LogP) is 4.14. The molecule has 1 aliphatic heterocycles. The summed E-state index contributed by atoms with van der Waals surface area (Å²) in [4.78, 5) is 53.7. The van der Waals surface area contributed by atoms with Crippen molar-refractivity contribution in [3.05, 3.63) is 53.7 Å². The summed E-state index contributed by atoms with van der Waals surface area (Å²) in [6.07, 6.45) is 6.94. The van der Waals surface area contributed by atoms with E-state index in [-0.39, 0.29) is 59.1 Å². The average molecular weight is 565 g/mol. The molecule has 0 spiro atoms. The van der Waals surface area contributed by atoms with Crippen molar-refractivity contribution in [3.8, 4) is 11.6 Å². The second-order valence-electron chi connectivity index (χ2n) is 9.64. The molecule has 0 atom stereocenters. The number of carbonyl (C=O) groups is 3. The highest BCUT2D eigenvalue weighted by Gasteiger charge is 2.34. The summed E-state index contributed by atoms with van der Waals surface area (Å²) in [6.45, 7) is 1.20. The molecule has 4 aromatic rings. The van der Waals surface area contributed by atoms with Crippen molar-refractivity contribution in [2.75, 3.05) is 30.4 Å². The number of hydrogen-bond donors (Lipinski definition) is 2. The molecule has 40 heavy (non-hydrogen) atoms. The molecular weight excluding hydrogens is 540 g/mol. The third-order valence-corrected chi connectivity index (χ3v) is 7.36. The van der Waals surface area contributed by atoms with Gasteiger partial charge in [-0.2, -0.15) is 0 Å². The number of morpholine rings is 1. The Kier molecular flexibility index (Phi) is 7.18. The minimum atomic E-state index is -0.615.